The SMILES string of the molecule is O=C(Cc1c[nH]c2ccccc12)NCC(Cc1ccccc1)N1CCOCC1. The number of ether oxygens (including phenoxy) is 1. The second-order valence-corrected chi connectivity index (χ2v) is 7.33. The molecule has 5 heteroatoms. The van der Waals surface area contributed by atoms with Crippen LogP contribution in [0.4, 0.5) is 0 Å². The van der Waals surface area contributed by atoms with Crippen molar-refractivity contribution >= 4 is 16.8 Å². The van der Waals surface area contributed by atoms with Crippen molar-refractivity contribution in [3.8, 4) is 0 Å². The molecule has 146 valence electrons. The van der Waals surface area contributed by atoms with E-state index in [9.17, 15) is 4.79 Å². The van der Waals surface area contributed by atoms with Crippen LogP contribution in [0.2, 0.25) is 0 Å². The summed E-state index contributed by atoms with van der Waals surface area (Å²) in [6, 6.07) is 18.9. The predicted octanol–water partition coefficient (Wildman–Crippen LogP) is 2.77. The summed E-state index contributed by atoms with van der Waals surface area (Å²) in [7, 11) is 0. The highest BCUT2D eigenvalue weighted by molar-refractivity contribution is 5.88. The van der Waals surface area contributed by atoms with Crippen molar-refractivity contribution in [2.75, 3.05) is 32.8 Å². The van der Waals surface area contributed by atoms with E-state index in [0.29, 0.717) is 13.0 Å². The number of carbonyl (C=O) groups is 1. The summed E-state index contributed by atoms with van der Waals surface area (Å²) in [6.45, 7) is 3.99. The van der Waals surface area contributed by atoms with Gasteiger partial charge in [0.05, 0.1) is 19.6 Å². The fourth-order valence-electron chi connectivity index (χ4n) is 3.90. The number of morpholine rings is 1. The molecule has 1 aromatic heterocycles. The lowest BCUT2D eigenvalue weighted by molar-refractivity contribution is -0.120. The molecule has 5 nitrogen and oxygen atoms in total. The van der Waals surface area contributed by atoms with Gasteiger partial charge in [-0.05, 0) is 23.6 Å². The zero-order valence-electron chi connectivity index (χ0n) is 16.1. The lowest BCUT2D eigenvalue weighted by Gasteiger charge is -2.34. The Bertz CT molecular complexity index is 900. The Morgan fingerprint density at radius 2 is 1.82 bits per heavy atom. The first kappa shape index (κ1) is 18.7. The number of nitrogens with zero attached hydrogens (tertiary/aromatic N) is 1. The maximum atomic E-state index is 12.6. The normalized spacial score (nSPS) is 16.1. The predicted molar refractivity (Wildman–Crippen MR) is 111 cm³/mol. The molecular formula is C23H27N3O2. The highest BCUT2D eigenvalue weighted by Crippen LogP contribution is 2.18. The number of para-hydroxylation sites is 1. The van der Waals surface area contributed by atoms with E-state index in [1.165, 1.54) is 5.56 Å². The van der Waals surface area contributed by atoms with E-state index < -0.39 is 0 Å². The molecule has 1 aliphatic heterocycles. The Kier molecular flexibility index (Phi) is 6.04. The third kappa shape index (κ3) is 4.61. The van der Waals surface area contributed by atoms with Gasteiger partial charge in [-0.15, -0.1) is 0 Å². The van der Waals surface area contributed by atoms with Crippen molar-refractivity contribution in [1.29, 1.82) is 0 Å². The molecule has 28 heavy (non-hydrogen) atoms. The van der Waals surface area contributed by atoms with Crippen molar-refractivity contribution in [2.45, 2.75) is 18.9 Å². The third-order valence-corrected chi connectivity index (χ3v) is 5.44. The summed E-state index contributed by atoms with van der Waals surface area (Å²) in [4.78, 5) is 18.3. The number of nitrogens with one attached hydrogen (secondary N) is 2. The molecule has 2 heterocycles. The smallest absolute Gasteiger partial charge is 0.224 e. The summed E-state index contributed by atoms with van der Waals surface area (Å²) in [5, 5.41) is 4.29. The lowest BCUT2D eigenvalue weighted by atomic mass is 10.0. The maximum Gasteiger partial charge on any atom is 0.224 e. The van der Waals surface area contributed by atoms with Gasteiger partial charge >= 0.3 is 0 Å². The van der Waals surface area contributed by atoms with Crippen molar-refractivity contribution in [3.05, 3.63) is 71.9 Å². The topological polar surface area (TPSA) is 57.4 Å². The third-order valence-electron chi connectivity index (χ3n) is 5.44. The Hall–Kier alpha value is -2.63. The van der Waals surface area contributed by atoms with E-state index in [1.54, 1.807) is 0 Å². The van der Waals surface area contributed by atoms with Gasteiger partial charge in [0.2, 0.25) is 5.91 Å². The van der Waals surface area contributed by atoms with Crippen LogP contribution in [0.3, 0.4) is 0 Å². The van der Waals surface area contributed by atoms with Crippen LogP contribution in [0.25, 0.3) is 10.9 Å². The number of rotatable bonds is 7. The largest absolute Gasteiger partial charge is 0.379 e. The number of amides is 1. The average molecular weight is 377 g/mol. The molecule has 2 N–H and O–H groups in total. The minimum Gasteiger partial charge on any atom is -0.379 e. The molecular weight excluding hydrogens is 350 g/mol. The Labute approximate surface area is 165 Å². The first-order valence-electron chi connectivity index (χ1n) is 9.97. The van der Waals surface area contributed by atoms with E-state index in [0.717, 1.165) is 49.2 Å². The Balaban J connectivity index is 1.39. The van der Waals surface area contributed by atoms with Gasteiger partial charge < -0.3 is 15.0 Å². The fourth-order valence-corrected chi connectivity index (χ4v) is 3.90. The van der Waals surface area contributed by atoms with Gasteiger partial charge in [0.25, 0.3) is 0 Å². The van der Waals surface area contributed by atoms with Gasteiger partial charge in [0.15, 0.2) is 0 Å². The molecule has 1 unspecified atom stereocenters. The number of aromatic amines is 1. The molecule has 1 fully saturated rings. The Morgan fingerprint density at radius 1 is 1.07 bits per heavy atom. The average Bonchev–Trinajstić information content (AvgIpc) is 3.15. The molecule has 0 aliphatic carbocycles. The van der Waals surface area contributed by atoms with Crippen LogP contribution in [0.5, 0.6) is 0 Å². The Morgan fingerprint density at radius 3 is 2.64 bits per heavy atom. The second-order valence-electron chi connectivity index (χ2n) is 7.33. The molecule has 0 radical (unpaired) electrons. The molecule has 2 aromatic carbocycles. The quantitative estimate of drug-likeness (QED) is 0.666. The van der Waals surface area contributed by atoms with E-state index in [1.807, 2.05) is 30.5 Å². The number of benzene rings is 2. The molecule has 1 saturated heterocycles. The summed E-state index contributed by atoms with van der Waals surface area (Å²) < 4.78 is 5.50. The number of hydrogen-bond acceptors (Lipinski definition) is 3. The van der Waals surface area contributed by atoms with Crippen LogP contribution >= 0.6 is 0 Å². The highest BCUT2D eigenvalue weighted by atomic mass is 16.5. The van der Waals surface area contributed by atoms with Gasteiger partial charge in [-0.2, -0.15) is 0 Å². The van der Waals surface area contributed by atoms with Gasteiger partial charge in [-0.3, -0.25) is 9.69 Å². The molecule has 0 saturated carbocycles. The van der Waals surface area contributed by atoms with Crippen LogP contribution in [-0.2, 0) is 22.4 Å². The molecule has 0 bridgehead atoms. The van der Waals surface area contributed by atoms with E-state index in [4.69, 9.17) is 4.74 Å². The standard InChI is InChI=1S/C23H27N3O2/c27-23(15-19-16-24-22-9-5-4-8-21(19)22)25-17-20(26-10-12-28-13-11-26)14-18-6-2-1-3-7-18/h1-9,16,20,24H,10-15,17H2,(H,25,27). The number of carbonyl (C=O) groups excluding carboxylic acids is 1. The van der Waals surface area contributed by atoms with Gasteiger partial charge in [-0.1, -0.05) is 48.5 Å². The molecule has 4 rings (SSSR count). The number of fused-ring (bicyclic) bond motifs is 1. The van der Waals surface area contributed by atoms with Gasteiger partial charge in [0, 0.05) is 42.8 Å². The summed E-state index contributed by atoms with van der Waals surface area (Å²) in [6.07, 6.45) is 3.26. The molecule has 1 amide bonds. The maximum absolute atomic E-state index is 12.6. The lowest BCUT2D eigenvalue weighted by Crippen LogP contribution is -2.50. The van der Waals surface area contributed by atoms with Crippen LogP contribution in [-0.4, -0.2) is 54.7 Å². The first-order chi connectivity index (χ1) is 13.8. The molecule has 1 aliphatic rings. The highest BCUT2D eigenvalue weighted by Gasteiger charge is 2.22. The van der Waals surface area contributed by atoms with E-state index in [-0.39, 0.29) is 11.9 Å². The monoisotopic (exact) mass is 377 g/mol. The molecule has 1 atom stereocenters. The second kappa shape index (κ2) is 9.04. The number of hydrogen-bond donors (Lipinski definition) is 2. The zero-order valence-corrected chi connectivity index (χ0v) is 16.1. The minimum atomic E-state index is 0.0658. The number of H-pyrrole nitrogens is 1. The summed E-state index contributed by atoms with van der Waals surface area (Å²) in [5.74, 6) is 0.0658. The molecule has 3 aromatic rings. The summed E-state index contributed by atoms with van der Waals surface area (Å²) in [5.41, 5.74) is 3.41. The van der Waals surface area contributed by atoms with Gasteiger partial charge in [-0.25, -0.2) is 0 Å². The van der Waals surface area contributed by atoms with Crippen LogP contribution in [0.15, 0.2) is 60.8 Å². The van der Waals surface area contributed by atoms with Gasteiger partial charge in [0.1, 0.15) is 0 Å². The van der Waals surface area contributed by atoms with Crippen molar-refractivity contribution in [3.63, 3.8) is 0 Å². The molecule has 0 spiro atoms. The zero-order chi connectivity index (χ0) is 19.2. The minimum absolute atomic E-state index is 0.0658. The van der Waals surface area contributed by atoms with Crippen molar-refractivity contribution in [1.82, 2.24) is 15.2 Å². The van der Waals surface area contributed by atoms with Crippen LogP contribution < -0.4 is 5.32 Å². The first-order valence-corrected chi connectivity index (χ1v) is 9.97. The van der Waals surface area contributed by atoms with Crippen LogP contribution in [0, 0.1) is 0 Å². The fraction of sp³-hybridized carbons (Fsp3) is 0.348. The van der Waals surface area contributed by atoms with E-state index >= 15 is 0 Å². The van der Waals surface area contributed by atoms with E-state index in [2.05, 4.69) is 45.5 Å². The van der Waals surface area contributed by atoms with Crippen molar-refractivity contribution in [2.24, 2.45) is 0 Å². The summed E-state index contributed by atoms with van der Waals surface area (Å²) >= 11 is 0. The van der Waals surface area contributed by atoms with Crippen LogP contribution in [0.1, 0.15) is 11.1 Å². The van der Waals surface area contributed by atoms with Crippen molar-refractivity contribution < 1.29 is 9.53 Å². The number of aromatic nitrogens is 1.